The molecule has 0 unspecified atom stereocenters. The first-order valence-electron chi connectivity index (χ1n) is 13.6. The zero-order valence-corrected chi connectivity index (χ0v) is 21.5. The largest absolute Gasteiger partial charge is 0.456 e. The summed E-state index contributed by atoms with van der Waals surface area (Å²) < 4.78 is 12.7. The number of ether oxygens (including phenoxy) is 1. The number of benzene rings is 7. The number of hydrogen-bond donors (Lipinski definition) is 0. The van der Waals surface area contributed by atoms with Gasteiger partial charge in [-0.15, -0.1) is 0 Å². The van der Waals surface area contributed by atoms with Crippen LogP contribution in [-0.4, -0.2) is 0 Å². The molecule has 2 heterocycles. The van der Waals surface area contributed by atoms with Crippen LogP contribution in [0.3, 0.4) is 0 Å². The van der Waals surface area contributed by atoms with E-state index >= 15 is 0 Å². The molecular weight excluding hydrogens is 488 g/mol. The summed E-state index contributed by atoms with van der Waals surface area (Å²) in [7, 11) is 0. The molecule has 0 N–H and O–H groups in total. The molecule has 7 aromatic carbocycles. The van der Waals surface area contributed by atoms with Gasteiger partial charge in [-0.25, -0.2) is 0 Å². The van der Waals surface area contributed by atoms with Crippen molar-refractivity contribution in [2.75, 3.05) is 0 Å². The number of furan rings is 1. The molecule has 1 aliphatic heterocycles. The van der Waals surface area contributed by atoms with Crippen LogP contribution in [0.2, 0.25) is 0 Å². The second-order valence-corrected chi connectivity index (χ2v) is 10.5. The van der Waals surface area contributed by atoms with Crippen molar-refractivity contribution >= 4 is 43.5 Å². The molecule has 0 saturated heterocycles. The average Bonchev–Trinajstić information content (AvgIpc) is 3.41. The molecule has 0 amide bonds. The fraction of sp³-hybridized carbons (Fsp3) is 0. The molecule has 0 fully saturated rings. The summed E-state index contributed by atoms with van der Waals surface area (Å²) >= 11 is 0. The van der Waals surface area contributed by atoms with Gasteiger partial charge in [0, 0.05) is 27.1 Å². The maximum absolute atomic E-state index is 6.46. The fourth-order valence-electron chi connectivity index (χ4n) is 6.41. The molecule has 0 bridgehead atoms. The lowest BCUT2D eigenvalue weighted by Gasteiger charge is -2.22. The molecule has 1 aliphatic rings. The van der Waals surface area contributed by atoms with Crippen LogP contribution in [-0.2, 0) is 0 Å². The zero-order valence-electron chi connectivity index (χ0n) is 21.5. The van der Waals surface area contributed by atoms with E-state index < -0.39 is 0 Å². The molecule has 0 atom stereocenters. The SMILES string of the molecule is c1cc(-c2cc3c4c(cccc4c2)Oc2ccccc2-3)cc(-c2cccc3oc4c5ccccc5ccc4c23)c1. The maximum atomic E-state index is 6.46. The molecule has 0 spiro atoms. The van der Waals surface area contributed by atoms with Crippen LogP contribution < -0.4 is 4.74 Å². The van der Waals surface area contributed by atoms with Gasteiger partial charge in [0.2, 0.25) is 0 Å². The third-order valence-corrected chi connectivity index (χ3v) is 8.23. The molecule has 8 aromatic rings. The summed E-state index contributed by atoms with van der Waals surface area (Å²) in [6, 6.07) is 47.2. The highest BCUT2D eigenvalue weighted by atomic mass is 16.5. The van der Waals surface area contributed by atoms with Gasteiger partial charge in [-0.2, -0.15) is 0 Å². The Hall–Kier alpha value is -5.34. The van der Waals surface area contributed by atoms with Gasteiger partial charge in [-0.1, -0.05) is 91.0 Å². The molecule has 0 radical (unpaired) electrons. The molecule has 2 heteroatoms. The van der Waals surface area contributed by atoms with Gasteiger partial charge in [-0.05, 0) is 81.1 Å². The van der Waals surface area contributed by atoms with E-state index in [0.717, 1.165) is 44.4 Å². The van der Waals surface area contributed by atoms with Crippen LogP contribution in [0.15, 0.2) is 138 Å². The van der Waals surface area contributed by atoms with E-state index in [-0.39, 0.29) is 0 Å². The molecule has 2 nitrogen and oxygen atoms in total. The van der Waals surface area contributed by atoms with E-state index in [2.05, 4.69) is 121 Å². The van der Waals surface area contributed by atoms with Gasteiger partial charge in [0.25, 0.3) is 0 Å². The summed E-state index contributed by atoms with van der Waals surface area (Å²) in [5, 5.41) is 6.99. The number of para-hydroxylation sites is 1. The van der Waals surface area contributed by atoms with Crippen LogP contribution in [0.1, 0.15) is 0 Å². The molecular formula is C38H22O2. The van der Waals surface area contributed by atoms with Gasteiger partial charge < -0.3 is 9.15 Å². The number of rotatable bonds is 2. The minimum atomic E-state index is 0.902. The van der Waals surface area contributed by atoms with Crippen molar-refractivity contribution in [1.82, 2.24) is 0 Å². The van der Waals surface area contributed by atoms with Crippen molar-refractivity contribution in [3.63, 3.8) is 0 Å². The second-order valence-electron chi connectivity index (χ2n) is 10.5. The van der Waals surface area contributed by atoms with E-state index in [0.29, 0.717) is 0 Å². The lowest BCUT2D eigenvalue weighted by Crippen LogP contribution is -1.97. The van der Waals surface area contributed by atoms with Crippen molar-refractivity contribution in [2.24, 2.45) is 0 Å². The van der Waals surface area contributed by atoms with Crippen LogP contribution in [0.5, 0.6) is 11.5 Å². The zero-order chi connectivity index (χ0) is 26.2. The Labute approximate surface area is 230 Å². The van der Waals surface area contributed by atoms with E-state index in [1.165, 1.54) is 44.0 Å². The van der Waals surface area contributed by atoms with Crippen LogP contribution in [0.4, 0.5) is 0 Å². The van der Waals surface area contributed by atoms with E-state index in [4.69, 9.17) is 9.15 Å². The normalized spacial score (nSPS) is 12.2. The predicted octanol–water partition coefficient (Wildman–Crippen LogP) is 11.0. The Bertz CT molecular complexity index is 2300. The van der Waals surface area contributed by atoms with Crippen LogP contribution >= 0.6 is 0 Å². The predicted molar refractivity (Wildman–Crippen MR) is 165 cm³/mol. The fourth-order valence-corrected chi connectivity index (χ4v) is 6.41. The minimum absolute atomic E-state index is 0.902. The van der Waals surface area contributed by atoms with Gasteiger partial charge in [0.05, 0.1) is 0 Å². The quantitative estimate of drug-likeness (QED) is 0.231. The van der Waals surface area contributed by atoms with E-state index in [9.17, 15) is 0 Å². The summed E-state index contributed by atoms with van der Waals surface area (Å²) in [6.07, 6.45) is 0. The van der Waals surface area contributed by atoms with Crippen LogP contribution in [0.25, 0.3) is 76.9 Å². The Morgan fingerprint density at radius 2 is 1.18 bits per heavy atom. The minimum Gasteiger partial charge on any atom is -0.456 e. The first-order valence-corrected chi connectivity index (χ1v) is 13.6. The second kappa shape index (κ2) is 8.08. The first-order chi connectivity index (χ1) is 19.8. The third-order valence-electron chi connectivity index (χ3n) is 8.23. The molecule has 40 heavy (non-hydrogen) atoms. The smallest absolute Gasteiger partial charge is 0.143 e. The molecule has 1 aromatic heterocycles. The van der Waals surface area contributed by atoms with Crippen molar-refractivity contribution in [3.05, 3.63) is 133 Å². The highest BCUT2D eigenvalue weighted by Gasteiger charge is 2.21. The molecule has 9 rings (SSSR count). The van der Waals surface area contributed by atoms with Gasteiger partial charge in [-0.3, -0.25) is 0 Å². The highest BCUT2D eigenvalue weighted by molar-refractivity contribution is 6.19. The van der Waals surface area contributed by atoms with E-state index in [1.807, 2.05) is 12.1 Å². The topological polar surface area (TPSA) is 22.4 Å². The molecule has 0 saturated carbocycles. The maximum Gasteiger partial charge on any atom is 0.143 e. The summed E-state index contributed by atoms with van der Waals surface area (Å²) in [6.45, 7) is 0. The third kappa shape index (κ3) is 3.05. The summed E-state index contributed by atoms with van der Waals surface area (Å²) in [5.41, 5.74) is 8.92. The molecule has 186 valence electrons. The van der Waals surface area contributed by atoms with E-state index in [1.54, 1.807) is 0 Å². The Balaban J connectivity index is 1.26. The summed E-state index contributed by atoms with van der Waals surface area (Å²) in [5.74, 6) is 1.82. The monoisotopic (exact) mass is 510 g/mol. The standard InChI is InChI=1S/C38H22O2/c1-2-12-29-23(8-1)18-19-31-37-28(14-7-17-35(37)40-38(29)31)25-10-5-9-24(20-25)27-21-26-11-6-16-34-36(26)32(22-27)30-13-3-4-15-33(30)39-34/h1-22H. The number of fused-ring (bicyclic) bond motifs is 7. The summed E-state index contributed by atoms with van der Waals surface area (Å²) in [4.78, 5) is 0. The van der Waals surface area contributed by atoms with Crippen LogP contribution in [0, 0.1) is 0 Å². The Morgan fingerprint density at radius 3 is 2.17 bits per heavy atom. The Kier molecular flexibility index (Phi) is 4.36. The van der Waals surface area contributed by atoms with Crippen molar-refractivity contribution in [3.8, 4) is 44.9 Å². The molecule has 0 aliphatic carbocycles. The average molecular weight is 511 g/mol. The lowest BCUT2D eigenvalue weighted by atomic mass is 9.89. The highest BCUT2D eigenvalue weighted by Crippen LogP contribution is 2.48. The number of hydrogen-bond acceptors (Lipinski definition) is 2. The first kappa shape index (κ1) is 21.6. The lowest BCUT2D eigenvalue weighted by molar-refractivity contribution is 0.487. The Morgan fingerprint density at radius 1 is 0.400 bits per heavy atom. The van der Waals surface area contributed by atoms with Gasteiger partial charge in [0.15, 0.2) is 0 Å². The van der Waals surface area contributed by atoms with Crippen molar-refractivity contribution in [1.29, 1.82) is 0 Å². The van der Waals surface area contributed by atoms with Gasteiger partial charge in [0.1, 0.15) is 22.7 Å². The van der Waals surface area contributed by atoms with Crippen molar-refractivity contribution in [2.45, 2.75) is 0 Å². The van der Waals surface area contributed by atoms with Gasteiger partial charge >= 0.3 is 0 Å². The van der Waals surface area contributed by atoms with Crippen molar-refractivity contribution < 1.29 is 9.15 Å².